The first kappa shape index (κ1) is 20.4. The Morgan fingerprint density at radius 3 is 2.83 bits per heavy atom. The van der Waals surface area contributed by atoms with Crippen molar-refractivity contribution in [1.82, 2.24) is 10.00 Å². The molecule has 29 heavy (non-hydrogen) atoms. The van der Waals surface area contributed by atoms with Crippen molar-refractivity contribution in [1.29, 1.82) is 0 Å². The molecule has 1 aromatic heterocycles. The minimum atomic E-state index is -4.34. The number of nitrogens with one attached hydrogen (secondary N) is 1. The van der Waals surface area contributed by atoms with Crippen LogP contribution in [0.2, 0.25) is 0 Å². The highest BCUT2D eigenvalue weighted by molar-refractivity contribution is 5.71. The number of fused-ring (bicyclic) bond motifs is 1. The molecule has 12 heteroatoms. The fourth-order valence-corrected chi connectivity index (χ4v) is 2.85. The Hall–Kier alpha value is -3.31. The summed E-state index contributed by atoms with van der Waals surface area (Å²) in [5.74, 6) is -0.809. The molecule has 0 spiro atoms. The van der Waals surface area contributed by atoms with E-state index in [-0.39, 0.29) is 48.7 Å². The Labute approximate surface area is 163 Å². The van der Waals surface area contributed by atoms with Gasteiger partial charge in [0.25, 0.3) is 5.52 Å². The first-order chi connectivity index (χ1) is 13.6. The van der Waals surface area contributed by atoms with Gasteiger partial charge < -0.3 is 20.1 Å². The zero-order valence-electron chi connectivity index (χ0n) is 15.4. The number of hydrogen-bond acceptors (Lipinski definition) is 7. The molecule has 0 aliphatic carbocycles. The van der Waals surface area contributed by atoms with Crippen LogP contribution in [-0.4, -0.2) is 41.8 Å². The highest BCUT2D eigenvalue weighted by Crippen LogP contribution is 2.22. The van der Waals surface area contributed by atoms with Gasteiger partial charge in [0.05, 0.1) is 13.0 Å². The van der Waals surface area contributed by atoms with Crippen molar-refractivity contribution >= 4 is 23.0 Å². The van der Waals surface area contributed by atoms with E-state index in [4.69, 9.17) is 4.74 Å². The molecule has 1 N–H and O–H groups in total. The van der Waals surface area contributed by atoms with Gasteiger partial charge in [0.2, 0.25) is 5.10 Å². The molecular formula is C17H18F3N5O4. The van der Waals surface area contributed by atoms with Crippen molar-refractivity contribution < 1.29 is 32.3 Å². The fraction of sp³-hybridized carbons (Fsp3) is 0.412. The molecule has 0 fully saturated rings. The number of aromatic nitrogens is 3. The van der Waals surface area contributed by atoms with Crippen LogP contribution in [0.3, 0.4) is 0 Å². The summed E-state index contributed by atoms with van der Waals surface area (Å²) in [6.45, 7) is 0.724. The van der Waals surface area contributed by atoms with Gasteiger partial charge in [-0.3, -0.25) is 10.1 Å². The van der Waals surface area contributed by atoms with Crippen LogP contribution in [0.5, 0.6) is 0 Å². The summed E-state index contributed by atoms with van der Waals surface area (Å²) in [5.41, 5.74) is 1.02. The van der Waals surface area contributed by atoms with Crippen molar-refractivity contribution in [2.24, 2.45) is 0 Å². The summed E-state index contributed by atoms with van der Waals surface area (Å²) in [6.07, 6.45) is -3.16. The zero-order chi connectivity index (χ0) is 21.2. The molecule has 2 aromatic rings. The zero-order valence-corrected chi connectivity index (χ0v) is 15.4. The van der Waals surface area contributed by atoms with Gasteiger partial charge in [-0.05, 0) is 18.6 Å². The number of alkyl halides is 3. The topological polar surface area (TPSA) is 108 Å². The third kappa shape index (κ3) is 5.15. The van der Waals surface area contributed by atoms with E-state index >= 15 is 0 Å². The highest BCUT2D eigenvalue weighted by atomic mass is 19.4. The van der Waals surface area contributed by atoms with Crippen LogP contribution in [0.1, 0.15) is 18.4 Å². The second-order valence-electron chi connectivity index (χ2n) is 6.57. The molecular weight excluding hydrogens is 395 g/mol. The van der Waals surface area contributed by atoms with Crippen molar-refractivity contribution in [3.05, 3.63) is 46.1 Å². The molecule has 2 heterocycles. The molecule has 1 aliphatic heterocycles. The van der Waals surface area contributed by atoms with E-state index in [2.05, 4.69) is 10.4 Å². The lowest BCUT2D eigenvalue weighted by molar-refractivity contribution is -0.672. The Morgan fingerprint density at radius 2 is 2.10 bits per heavy atom. The molecule has 0 radical (unpaired) electrons. The standard InChI is InChI=1S/C17H18F3N5O4/c1-11-2-3-13-14(8-11)25(28)22-16(24(13)27)21-6-4-15(26)29-12-5-7-23(9-12)10-17(18,19)20/h2-3,8-9H,4-7,10H2,1H3,(H,21,22). The lowest BCUT2D eigenvalue weighted by Gasteiger charge is -2.16. The number of rotatable bonds is 6. The van der Waals surface area contributed by atoms with E-state index in [1.807, 2.05) is 0 Å². The summed E-state index contributed by atoms with van der Waals surface area (Å²) >= 11 is 0. The number of benzene rings is 1. The Morgan fingerprint density at radius 1 is 1.34 bits per heavy atom. The third-order valence-electron chi connectivity index (χ3n) is 4.15. The monoisotopic (exact) mass is 413 g/mol. The van der Waals surface area contributed by atoms with E-state index < -0.39 is 18.7 Å². The third-order valence-corrected chi connectivity index (χ3v) is 4.15. The minimum absolute atomic E-state index is 0.0506. The first-order valence-electron chi connectivity index (χ1n) is 8.72. The smallest absolute Gasteiger partial charge is 0.460 e. The Balaban J connectivity index is 1.55. The van der Waals surface area contributed by atoms with E-state index in [1.165, 1.54) is 12.1 Å². The molecule has 0 atom stereocenters. The lowest BCUT2D eigenvalue weighted by atomic mass is 10.2. The van der Waals surface area contributed by atoms with Crippen molar-refractivity contribution in [3.63, 3.8) is 0 Å². The van der Waals surface area contributed by atoms with E-state index in [1.54, 1.807) is 13.0 Å². The molecule has 1 aliphatic rings. The van der Waals surface area contributed by atoms with Crippen LogP contribution in [0.4, 0.5) is 19.1 Å². The number of carbonyl (C=O) groups excluding carboxylic acids is 1. The Kier molecular flexibility index (Phi) is 5.62. The van der Waals surface area contributed by atoms with Crippen LogP contribution in [0, 0.1) is 17.3 Å². The number of nitrogens with zero attached hydrogens (tertiary/aromatic N) is 4. The van der Waals surface area contributed by atoms with E-state index in [0.29, 0.717) is 9.58 Å². The minimum Gasteiger partial charge on any atom is -0.739 e. The molecule has 3 rings (SSSR count). The fourth-order valence-electron chi connectivity index (χ4n) is 2.85. The van der Waals surface area contributed by atoms with Crippen molar-refractivity contribution in [3.8, 4) is 0 Å². The average Bonchev–Trinajstić information content (AvgIpc) is 3.03. The van der Waals surface area contributed by atoms with Gasteiger partial charge in [-0.1, -0.05) is 6.07 Å². The normalized spacial score (nSPS) is 14.2. The molecule has 9 nitrogen and oxygen atoms in total. The van der Waals surface area contributed by atoms with Gasteiger partial charge in [-0.2, -0.15) is 13.2 Å². The van der Waals surface area contributed by atoms with Gasteiger partial charge in [0.1, 0.15) is 12.3 Å². The number of hydrogen-bond donors (Lipinski definition) is 1. The highest BCUT2D eigenvalue weighted by Gasteiger charge is 2.32. The maximum absolute atomic E-state index is 12.4. The molecule has 0 saturated carbocycles. The lowest BCUT2D eigenvalue weighted by Crippen LogP contribution is -2.44. The first-order valence-corrected chi connectivity index (χ1v) is 8.72. The van der Waals surface area contributed by atoms with Crippen molar-refractivity contribution in [2.75, 3.05) is 25.0 Å². The van der Waals surface area contributed by atoms with Crippen LogP contribution in [-0.2, 0) is 9.53 Å². The molecule has 1 aromatic carbocycles. The number of esters is 1. The quantitative estimate of drug-likeness (QED) is 0.432. The summed E-state index contributed by atoms with van der Waals surface area (Å²) in [7, 11) is 0. The Bertz CT molecular complexity index is 964. The van der Waals surface area contributed by atoms with Gasteiger partial charge in [-0.15, -0.1) is 0 Å². The summed E-state index contributed by atoms with van der Waals surface area (Å²) in [4.78, 5) is 13.2. The maximum atomic E-state index is 12.4. The van der Waals surface area contributed by atoms with Crippen LogP contribution in [0.25, 0.3) is 11.0 Å². The predicted molar refractivity (Wildman–Crippen MR) is 93.9 cm³/mol. The number of ether oxygens (including phenoxy) is 1. The van der Waals surface area contributed by atoms with Gasteiger partial charge >= 0.3 is 18.1 Å². The average molecular weight is 413 g/mol. The molecule has 0 amide bonds. The van der Waals surface area contributed by atoms with Gasteiger partial charge in [0, 0.05) is 30.1 Å². The maximum Gasteiger partial charge on any atom is 0.460 e. The molecule has 0 unspecified atom stereocenters. The van der Waals surface area contributed by atoms with Crippen LogP contribution >= 0.6 is 0 Å². The van der Waals surface area contributed by atoms with Crippen LogP contribution in [0.15, 0.2) is 30.2 Å². The van der Waals surface area contributed by atoms with Crippen molar-refractivity contribution in [2.45, 2.75) is 25.9 Å². The molecule has 0 bridgehead atoms. The number of anilines is 1. The SMILES string of the molecule is Cc1ccc2c(c1)[n+]([O-])nc(NCCC(=O)OC1=CN(CC(F)(F)F)CC1)[n+]2[O-]. The number of aryl methyl sites for hydroxylation is 1. The molecule has 156 valence electrons. The largest absolute Gasteiger partial charge is 0.739 e. The summed E-state index contributed by atoms with van der Waals surface area (Å²) in [6, 6.07) is 4.70. The summed E-state index contributed by atoms with van der Waals surface area (Å²) in [5, 5.41) is 30.5. The van der Waals surface area contributed by atoms with Crippen LogP contribution < -0.4 is 14.9 Å². The van der Waals surface area contributed by atoms with Gasteiger partial charge in [0.15, 0.2) is 5.52 Å². The van der Waals surface area contributed by atoms with E-state index in [0.717, 1.165) is 16.7 Å². The van der Waals surface area contributed by atoms with Gasteiger partial charge in [-0.25, -0.2) is 4.73 Å². The second-order valence-corrected chi connectivity index (χ2v) is 6.57. The summed E-state index contributed by atoms with van der Waals surface area (Å²) < 4.78 is 42.6. The number of carbonyl (C=O) groups is 1. The number of halogens is 3. The van der Waals surface area contributed by atoms with E-state index in [9.17, 15) is 28.4 Å². The molecule has 0 saturated heterocycles. The predicted octanol–water partition coefficient (Wildman–Crippen LogP) is 1.26. The second kappa shape index (κ2) is 7.97.